The highest BCUT2D eigenvalue weighted by atomic mass is 79.9. The number of nitrogens with one attached hydrogen (secondary N) is 2. The van der Waals surface area contributed by atoms with Gasteiger partial charge in [0.2, 0.25) is 0 Å². The van der Waals surface area contributed by atoms with E-state index in [0.29, 0.717) is 3.79 Å². The van der Waals surface area contributed by atoms with Gasteiger partial charge in [-0.15, -0.1) is 11.3 Å². The minimum Gasteiger partial charge on any atom is -0.480 e. The number of para-hydroxylation sites is 1. The van der Waals surface area contributed by atoms with Crippen LogP contribution in [0.25, 0.3) is 10.9 Å². The van der Waals surface area contributed by atoms with Gasteiger partial charge in [-0.3, -0.25) is 4.79 Å². The van der Waals surface area contributed by atoms with E-state index >= 15 is 0 Å². The standard InChI is InChI=1S/C9H9N.C6H6BrNO4S2.C2H6/c1-7-6-10-9-5-3-2-4-8(7)9;7-4-1-2-6(13-4)14(11,12)8-3-5(9)10;1-2/h2-6,10H,1H3;1-2,8H,3H2,(H,9,10);1-2H3. The van der Waals surface area contributed by atoms with Crippen molar-refractivity contribution >= 4 is 54.2 Å². The predicted molar refractivity (Wildman–Crippen MR) is 109 cm³/mol. The summed E-state index contributed by atoms with van der Waals surface area (Å²) >= 11 is 4.13. The normalized spacial score (nSPS) is 10.5. The lowest BCUT2D eigenvalue weighted by Gasteiger charge is -2.00. The number of rotatable bonds is 4. The van der Waals surface area contributed by atoms with Crippen LogP contribution in [0.2, 0.25) is 0 Å². The Morgan fingerprint density at radius 2 is 1.88 bits per heavy atom. The molecule has 142 valence electrons. The van der Waals surface area contributed by atoms with Crippen molar-refractivity contribution in [1.82, 2.24) is 9.71 Å². The Morgan fingerprint density at radius 3 is 2.42 bits per heavy atom. The van der Waals surface area contributed by atoms with Crippen LogP contribution in [-0.4, -0.2) is 31.0 Å². The van der Waals surface area contributed by atoms with Gasteiger partial charge in [0.05, 0.1) is 3.79 Å². The smallest absolute Gasteiger partial charge is 0.318 e. The van der Waals surface area contributed by atoms with Gasteiger partial charge in [-0.2, -0.15) is 4.72 Å². The number of aromatic nitrogens is 1. The van der Waals surface area contributed by atoms with Crippen LogP contribution in [0.15, 0.2) is 50.6 Å². The van der Waals surface area contributed by atoms with E-state index in [4.69, 9.17) is 5.11 Å². The van der Waals surface area contributed by atoms with Gasteiger partial charge in [0.1, 0.15) is 10.8 Å². The van der Waals surface area contributed by atoms with E-state index in [1.165, 1.54) is 22.5 Å². The molecule has 0 spiro atoms. The molecule has 0 fully saturated rings. The quantitative estimate of drug-likeness (QED) is 0.537. The summed E-state index contributed by atoms with van der Waals surface area (Å²) in [5, 5.41) is 9.62. The number of aryl methyl sites for hydroxylation is 1. The Balaban J connectivity index is 0.000000246. The van der Waals surface area contributed by atoms with E-state index in [2.05, 4.69) is 46.0 Å². The van der Waals surface area contributed by atoms with Gasteiger partial charge in [-0.1, -0.05) is 32.0 Å². The molecule has 0 atom stereocenters. The lowest BCUT2D eigenvalue weighted by Crippen LogP contribution is -2.28. The summed E-state index contributed by atoms with van der Waals surface area (Å²) in [5.41, 5.74) is 2.54. The summed E-state index contributed by atoms with van der Waals surface area (Å²) in [6, 6.07) is 11.3. The van der Waals surface area contributed by atoms with E-state index < -0.39 is 22.5 Å². The van der Waals surface area contributed by atoms with Crippen molar-refractivity contribution in [2.45, 2.75) is 25.0 Å². The number of H-pyrrole nitrogens is 1. The second-order valence-corrected chi connectivity index (χ2v) is 9.25. The molecule has 0 bridgehead atoms. The Morgan fingerprint density at radius 1 is 1.23 bits per heavy atom. The number of benzene rings is 1. The minimum absolute atomic E-state index is 0.0885. The molecule has 2 heterocycles. The van der Waals surface area contributed by atoms with Crippen LogP contribution in [0.3, 0.4) is 0 Å². The van der Waals surface area contributed by atoms with Gasteiger partial charge in [0.25, 0.3) is 10.0 Å². The molecule has 0 radical (unpaired) electrons. The lowest BCUT2D eigenvalue weighted by molar-refractivity contribution is -0.135. The average molecular weight is 461 g/mol. The molecule has 2 aromatic heterocycles. The third-order valence-electron chi connectivity index (χ3n) is 3.02. The lowest BCUT2D eigenvalue weighted by atomic mass is 10.2. The summed E-state index contributed by atoms with van der Waals surface area (Å²) < 4.78 is 25.4. The first kappa shape index (κ1) is 22.4. The van der Waals surface area contributed by atoms with E-state index in [1.54, 1.807) is 6.07 Å². The fourth-order valence-electron chi connectivity index (χ4n) is 1.89. The molecule has 9 heteroatoms. The molecule has 0 saturated heterocycles. The Kier molecular flexibility index (Phi) is 9.00. The Labute approximate surface area is 165 Å². The maximum atomic E-state index is 11.4. The zero-order valence-corrected chi connectivity index (χ0v) is 17.8. The average Bonchev–Trinajstić information content (AvgIpc) is 3.23. The van der Waals surface area contributed by atoms with Crippen LogP contribution in [0.5, 0.6) is 0 Å². The molecule has 3 aromatic rings. The molecule has 0 aliphatic carbocycles. The van der Waals surface area contributed by atoms with Crippen LogP contribution in [0, 0.1) is 6.92 Å². The van der Waals surface area contributed by atoms with Crippen LogP contribution in [-0.2, 0) is 14.8 Å². The highest BCUT2D eigenvalue weighted by Gasteiger charge is 2.16. The van der Waals surface area contributed by atoms with Gasteiger partial charge < -0.3 is 10.1 Å². The maximum absolute atomic E-state index is 11.4. The molecular weight excluding hydrogens is 440 g/mol. The van der Waals surface area contributed by atoms with Gasteiger partial charge in [0, 0.05) is 17.1 Å². The number of hydrogen-bond acceptors (Lipinski definition) is 4. The number of thiophene rings is 1. The van der Waals surface area contributed by atoms with Crippen molar-refractivity contribution < 1.29 is 18.3 Å². The number of carbonyl (C=O) groups is 1. The molecule has 26 heavy (non-hydrogen) atoms. The SMILES string of the molecule is CC.Cc1c[nH]c2ccccc12.O=C(O)CNS(=O)(=O)c1ccc(Br)s1. The number of hydrogen-bond donors (Lipinski definition) is 3. The van der Waals surface area contributed by atoms with Gasteiger partial charge in [-0.05, 0) is 46.6 Å². The summed E-state index contributed by atoms with van der Waals surface area (Å²) in [4.78, 5) is 13.3. The highest BCUT2D eigenvalue weighted by Crippen LogP contribution is 2.25. The van der Waals surface area contributed by atoms with E-state index in [1.807, 2.05) is 30.8 Å². The fourth-order valence-corrected chi connectivity index (χ4v) is 4.92. The summed E-state index contributed by atoms with van der Waals surface area (Å²) in [6.07, 6.45) is 2.03. The molecule has 0 aliphatic rings. The number of aromatic amines is 1. The number of carboxylic acids is 1. The minimum atomic E-state index is -3.68. The summed E-state index contributed by atoms with van der Waals surface area (Å²) in [6.45, 7) is 5.50. The number of carboxylic acid groups (broad SMARTS) is 1. The van der Waals surface area contributed by atoms with Crippen molar-refractivity contribution in [3.05, 3.63) is 51.9 Å². The third kappa shape index (κ3) is 6.56. The van der Waals surface area contributed by atoms with Crippen LogP contribution in [0.1, 0.15) is 19.4 Å². The van der Waals surface area contributed by atoms with Gasteiger partial charge in [-0.25, -0.2) is 8.42 Å². The largest absolute Gasteiger partial charge is 0.480 e. The molecule has 1 aromatic carbocycles. The number of fused-ring (bicyclic) bond motifs is 1. The van der Waals surface area contributed by atoms with Crippen molar-refractivity contribution in [1.29, 1.82) is 0 Å². The maximum Gasteiger partial charge on any atom is 0.318 e. The van der Waals surface area contributed by atoms with Crippen molar-refractivity contribution in [2.24, 2.45) is 0 Å². The molecule has 0 amide bonds. The number of aliphatic carboxylic acids is 1. The second kappa shape index (κ2) is 10.5. The van der Waals surface area contributed by atoms with Crippen molar-refractivity contribution in [3.63, 3.8) is 0 Å². The summed E-state index contributed by atoms with van der Waals surface area (Å²) in [7, 11) is -3.68. The van der Waals surface area contributed by atoms with E-state index in [0.717, 1.165) is 11.3 Å². The van der Waals surface area contributed by atoms with Gasteiger partial charge >= 0.3 is 5.97 Å². The monoisotopic (exact) mass is 460 g/mol. The third-order valence-corrected chi connectivity index (χ3v) is 6.54. The van der Waals surface area contributed by atoms with Gasteiger partial charge in [0.15, 0.2) is 0 Å². The molecular formula is C17H21BrN2O4S2. The first-order valence-corrected chi connectivity index (χ1v) is 10.9. The molecule has 0 saturated carbocycles. The number of sulfonamides is 1. The second-order valence-electron chi connectivity index (χ2n) is 4.79. The topological polar surface area (TPSA) is 99.3 Å². The zero-order chi connectivity index (χ0) is 19.7. The first-order chi connectivity index (χ1) is 12.3. The Bertz CT molecular complexity index is 948. The first-order valence-electron chi connectivity index (χ1n) is 7.79. The number of halogens is 1. The van der Waals surface area contributed by atoms with E-state index in [-0.39, 0.29) is 4.21 Å². The molecule has 0 unspecified atom stereocenters. The zero-order valence-electron chi connectivity index (χ0n) is 14.6. The molecule has 0 aliphatic heterocycles. The fraction of sp³-hybridized carbons (Fsp3) is 0.235. The predicted octanol–water partition coefficient (Wildman–Crippen LogP) is 4.38. The highest BCUT2D eigenvalue weighted by molar-refractivity contribution is 9.11. The van der Waals surface area contributed by atoms with Crippen LogP contribution >= 0.6 is 27.3 Å². The van der Waals surface area contributed by atoms with E-state index in [9.17, 15) is 13.2 Å². The van der Waals surface area contributed by atoms with Crippen LogP contribution in [0.4, 0.5) is 0 Å². The Hall–Kier alpha value is -1.68. The van der Waals surface area contributed by atoms with Crippen LogP contribution < -0.4 is 4.72 Å². The van der Waals surface area contributed by atoms with Crippen molar-refractivity contribution in [2.75, 3.05) is 6.54 Å². The molecule has 6 nitrogen and oxygen atoms in total. The summed E-state index contributed by atoms with van der Waals surface area (Å²) in [5.74, 6) is -1.22. The molecule has 3 rings (SSSR count). The molecule has 3 N–H and O–H groups in total. The van der Waals surface area contributed by atoms with Crippen molar-refractivity contribution in [3.8, 4) is 0 Å².